The summed E-state index contributed by atoms with van der Waals surface area (Å²) in [4.78, 5) is 20.5. The molecule has 1 aliphatic rings. The van der Waals surface area contributed by atoms with Gasteiger partial charge in [-0.15, -0.1) is 0 Å². The number of rotatable bonds is 4. The first kappa shape index (κ1) is 18.1. The highest BCUT2D eigenvalue weighted by Crippen LogP contribution is 2.34. The number of fused-ring (bicyclic) bond motifs is 1. The number of ether oxygens (including phenoxy) is 1. The number of thiazole rings is 1. The van der Waals surface area contributed by atoms with Crippen LogP contribution >= 0.6 is 11.3 Å². The van der Waals surface area contributed by atoms with Gasteiger partial charge in [-0.3, -0.25) is 4.79 Å². The minimum atomic E-state index is 0.122. The van der Waals surface area contributed by atoms with Crippen LogP contribution in [0.3, 0.4) is 0 Å². The van der Waals surface area contributed by atoms with E-state index in [1.807, 2.05) is 25.2 Å². The molecule has 8 heteroatoms. The molecule has 142 valence electrons. The van der Waals surface area contributed by atoms with E-state index >= 15 is 0 Å². The molecule has 1 amide bonds. The predicted octanol–water partition coefficient (Wildman–Crippen LogP) is 3.20. The normalized spacial score (nSPS) is 14.2. The summed E-state index contributed by atoms with van der Waals surface area (Å²) in [7, 11) is 3.42. The zero-order valence-corrected chi connectivity index (χ0v) is 16.4. The summed E-state index contributed by atoms with van der Waals surface area (Å²) in [6, 6.07) is 13.4. The minimum absolute atomic E-state index is 0.122. The van der Waals surface area contributed by atoms with Crippen LogP contribution in [0.15, 0.2) is 36.4 Å². The molecule has 1 N–H and O–H groups in total. The lowest BCUT2D eigenvalue weighted by Gasteiger charge is -2.33. The van der Waals surface area contributed by atoms with E-state index in [0.29, 0.717) is 23.5 Å². The van der Waals surface area contributed by atoms with Gasteiger partial charge in [0, 0.05) is 25.8 Å². The second kappa shape index (κ2) is 7.37. The van der Waals surface area contributed by atoms with E-state index in [9.17, 15) is 4.79 Å². The number of amides is 1. The first-order chi connectivity index (χ1) is 13.6. The molecule has 0 saturated carbocycles. The number of methoxy groups -OCH3 is 1. The number of benzene rings is 2. The Morgan fingerprint density at radius 1 is 1.25 bits per heavy atom. The molecule has 0 unspecified atom stereocenters. The number of nitriles is 1. The Balaban J connectivity index is 1.61. The molecule has 0 bridgehead atoms. The van der Waals surface area contributed by atoms with Crippen molar-refractivity contribution >= 4 is 44.0 Å². The molecule has 4 rings (SSSR count). The van der Waals surface area contributed by atoms with Crippen molar-refractivity contribution in [1.82, 2.24) is 9.88 Å². The van der Waals surface area contributed by atoms with E-state index in [4.69, 9.17) is 10.00 Å². The molecule has 3 aromatic rings. The van der Waals surface area contributed by atoms with E-state index in [-0.39, 0.29) is 5.91 Å². The molecular formula is C20H19N5O2S. The number of likely N-dealkylation sites (N-methyl/N-ethyl adjacent to an activating group) is 1. The van der Waals surface area contributed by atoms with Crippen molar-refractivity contribution in [3.05, 3.63) is 42.0 Å². The quantitative estimate of drug-likeness (QED) is 0.733. The van der Waals surface area contributed by atoms with E-state index in [1.165, 1.54) is 11.3 Å². The summed E-state index contributed by atoms with van der Waals surface area (Å²) in [6.45, 7) is 1.91. The number of piperazine rings is 1. The summed E-state index contributed by atoms with van der Waals surface area (Å²) in [5, 5.41) is 13.1. The SMILES string of the molecule is COc1ccc(C#N)cc1Nc1nc2cc(N3CCN(C)C(=O)C3)ccc2s1. The lowest BCUT2D eigenvalue weighted by molar-refractivity contribution is -0.129. The number of anilines is 3. The third-order valence-electron chi connectivity index (χ3n) is 4.76. The smallest absolute Gasteiger partial charge is 0.241 e. The van der Waals surface area contributed by atoms with Crippen LogP contribution in [0, 0.1) is 11.3 Å². The third-order valence-corrected chi connectivity index (χ3v) is 5.72. The number of hydrogen-bond donors (Lipinski definition) is 1. The van der Waals surface area contributed by atoms with Gasteiger partial charge in [-0.1, -0.05) is 11.3 Å². The fraction of sp³-hybridized carbons (Fsp3) is 0.250. The largest absolute Gasteiger partial charge is 0.495 e. The van der Waals surface area contributed by atoms with Gasteiger partial charge in [-0.05, 0) is 36.4 Å². The highest BCUT2D eigenvalue weighted by Gasteiger charge is 2.21. The third kappa shape index (κ3) is 3.44. The van der Waals surface area contributed by atoms with Crippen LogP contribution in [0.2, 0.25) is 0 Å². The monoisotopic (exact) mass is 393 g/mol. The average molecular weight is 393 g/mol. The minimum Gasteiger partial charge on any atom is -0.495 e. The Bertz CT molecular complexity index is 1090. The molecule has 1 fully saturated rings. The number of nitrogens with zero attached hydrogens (tertiary/aromatic N) is 4. The van der Waals surface area contributed by atoms with Crippen molar-refractivity contribution in [2.75, 3.05) is 44.0 Å². The molecule has 0 aliphatic carbocycles. The number of hydrogen-bond acceptors (Lipinski definition) is 7. The van der Waals surface area contributed by atoms with Crippen molar-refractivity contribution in [2.24, 2.45) is 0 Å². The van der Waals surface area contributed by atoms with E-state index in [0.717, 1.165) is 34.1 Å². The summed E-state index contributed by atoms with van der Waals surface area (Å²) < 4.78 is 6.41. The Kier molecular flexibility index (Phi) is 4.75. The molecule has 28 heavy (non-hydrogen) atoms. The number of carbonyl (C=O) groups excluding carboxylic acids is 1. The van der Waals surface area contributed by atoms with E-state index < -0.39 is 0 Å². The van der Waals surface area contributed by atoms with Gasteiger partial charge in [-0.2, -0.15) is 5.26 Å². The fourth-order valence-electron chi connectivity index (χ4n) is 3.14. The molecular weight excluding hydrogens is 374 g/mol. The van der Waals surface area contributed by atoms with Gasteiger partial charge in [0.05, 0.1) is 41.2 Å². The van der Waals surface area contributed by atoms with Crippen LogP contribution in [0.4, 0.5) is 16.5 Å². The molecule has 0 spiro atoms. The fourth-order valence-corrected chi connectivity index (χ4v) is 3.99. The maximum Gasteiger partial charge on any atom is 0.241 e. The zero-order valence-electron chi connectivity index (χ0n) is 15.6. The first-order valence-electron chi connectivity index (χ1n) is 8.82. The lowest BCUT2D eigenvalue weighted by atomic mass is 10.2. The van der Waals surface area contributed by atoms with Crippen molar-refractivity contribution in [3.63, 3.8) is 0 Å². The summed E-state index contributed by atoms with van der Waals surface area (Å²) in [6.07, 6.45) is 0. The second-order valence-electron chi connectivity index (χ2n) is 6.56. The van der Waals surface area contributed by atoms with Gasteiger partial charge < -0.3 is 19.9 Å². The van der Waals surface area contributed by atoms with Crippen molar-refractivity contribution < 1.29 is 9.53 Å². The summed E-state index contributed by atoms with van der Waals surface area (Å²) in [5.74, 6) is 0.770. The molecule has 1 aliphatic heterocycles. The van der Waals surface area contributed by atoms with Crippen molar-refractivity contribution in [3.8, 4) is 11.8 Å². The van der Waals surface area contributed by atoms with E-state index in [1.54, 1.807) is 30.2 Å². The number of carbonyl (C=O) groups is 1. The summed E-state index contributed by atoms with van der Waals surface area (Å²) >= 11 is 1.53. The van der Waals surface area contributed by atoms with Crippen LogP contribution in [-0.4, -0.2) is 49.6 Å². The topological polar surface area (TPSA) is 81.5 Å². The summed E-state index contributed by atoms with van der Waals surface area (Å²) in [5.41, 5.74) is 3.11. The number of nitrogens with one attached hydrogen (secondary N) is 1. The average Bonchev–Trinajstić information content (AvgIpc) is 3.11. The lowest BCUT2D eigenvalue weighted by Crippen LogP contribution is -2.48. The van der Waals surface area contributed by atoms with Gasteiger partial charge in [0.1, 0.15) is 5.75 Å². The van der Waals surface area contributed by atoms with Crippen LogP contribution in [0.5, 0.6) is 5.75 Å². The highest BCUT2D eigenvalue weighted by molar-refractivity contribution is 7.22. The molecule has 2 heterocycles. The first-order valence-corrected chi connectivity index (χ1v) is 9.63. The Morgan fingerprint density at radius 2 is 2.11 bits per heavy atom. The van der Waals surface area contributed by atoms with Crippen molar-refractivity contribution in [1.29, 1.82) is 5.26 Å². The molecule has 1 saturated heterocycles. The predicted molar refractivity (Wildman–Crippen MR) is 110 cm³/mol. The molecule has 2 aromatic carbocycles. The maximum atomic E-state index is 12.0. The van der Waals surface area contributed by atoms with E-state index in [2.05, 4.69) is 21.3 Å². The highest BCUT2D eigenvalue weighted by atomic mass is 32.1. The molecule has 7 nitrogen and oxygen atoms in total. The van der Waals surface area contributed by atoms with Crippen molar-refractivity contribution in [2.45, 2.75) is 0 Å². The van der Waals surface area contributed by atoms with Crippen LogP contribution < -0.4 is 15.0 Å². The Labute approximate surface area is 166 Å². The van der Waals surface area contributed by atoms with Gasteiger partial charge in [-0.25, -0.2) is 4.98 Å². The standard InChI is InChI=1S/C20H19N5O2S/c1-24-7-8-25(12-19(24)26)14-4-6-18-16(10-14)23-20(28-18)22-15-9-13(11-21)3-5-17(15)27-2/h3-6,9-10H,7-8,12H2,1-2H3,(H,22,23). The van der Waals surface area contributed by atoms with Crippen LogP contribution in [-0.2, 0) is 4.79 Å². The van der Waals surface area contributed by atoms with Crippen LogP contribution in [0.1, 0.15) is 5.56 Å². The Hall–Kier alpha value is -3.31. The van der Waals surface area contributed by atoms with Gasteiger partial charge in [0.15, 0.2) is 5.13 Å². The van der Waals surface area contributed by atoms with Gasteiger partial charge in [0.25, 0.3) is 0 Å². The molecule has 0 radical (unpaired) electrons. The maximum absolute atomic E-state index is 12.0. The molecule has 0 atom stereocenters. The van der Waals surface area contributed by atoms with Gasteiger partial charge in [0.2, 0.25) is 5.91 Å². The zero-order chi connectivity index (χ0) is 19.7. The second-order valence-corrected chi connectivity index (χ2v) is 7.59. The number of aromatic nitrogens is 1. The van der Waals surface area contributed by atoms with Gasteiger partial charge >= 0.3 is 0 Å². The molecule has 1 aromatic heterocycles. The Morgan fingerprint density at radius 3 is 2.86 bits per heavy atom. The van der Waals surface area contributed by atoms with Crippen LogP contribution in [0.25, 0.3) is 10.2 Å².